The number of hydrogen-bond donors (Lipinski definition) is 1. The lowest BCUT2D eigenvalue weighted by atomic mass is 10.1. The van der Waals surface area contributed by atoms with Crippen molar-refractivity contribution in [3.8, 4) is 5.75 Å². The monoisotopic (exact) mass is 413 g/mol. The smallest absolute Gasteiger partial charge is 0.230 e. The van der Waals surface area contributed by atoms with Gasteiger partial charge in [-0.15, -0.1) is 11.8 Å². The van der Waals surface area contributed by atoms with Crippen LogP contribution in [-0.2, 0) is 17.9 Å². The SMILES string of the molecule is CCOc1ccc(SCC(=O)NCc2cccc(CN3CCN(C)CC3)c2)cc1. The van der Waals surface area contributed by atoms with Crippen LogP contribution in [0.4, 0.5) is 0 Å². The Morgan fingerprint density at radius 2 is 1.79 bits per heavy atom. The molecule has 156 valence electrons. The van der Waals surface area contributed by atoms with Crippen LogP contribution < -0.4 is 10.1 Å². The molecule has 0 radical (unpaired) electrons. The van der Waals surface area contributed by atoms with Gasteiger partial charge in [0.2, 0.25) is 5.91 Å². The zero-order valence-corrected chi connectivity index (χ0v) is 18.2. The third-order valence-electron chi connectivity index (χ3n) is 4.99. The van der Waals surface area contributed by atoms with E-state index >= 15 is 0 Å². The van der Waals surface area contributed by atoms with Crippen LogP contribution in [0.15, 0.2) is 53.4 Å². The number of likely N-dealkylation sites (N-methyl/N-ethyl adjacent to an activating group) is 1. The molecule has 1 saturated heterocycles. The van der Waals surface area contributed by atoms with Gasteiger partial charge in [0.1, 0.15) is 5.75 Å². The van der Waals surface area contributed by atoms with Gasteiger partial charge in [0.15, 0.2) is 0 Å². The second kappa shape index (κ2) is 11.2. The van der Waals surface area contributed by atoms with Gasteiger partial charge in [0.25, 0.3) is 0 Å². The number of amides is 1. The van der Waals surface area contributed by atoms with Gasteiger partial charge >= 0.3 is 0 Å². The summed E-state index contributed by atoms with van der Waals surface area (Å²) in [5.41, 5.74) is 2.46. The number of piperazine rings is 1. The highest BCUT2D eigenvalue weighted by Crippen LogP contribution is 2.21. The molecule has 1 N–H and O–H groups in total. The lowest BCUT2D eigenvalue weighted by Gasteiger charge is -2.32. The van der Waals surface area contributed by atoms with Gasteiger partial charge in [0, 0.05) is 44.2 Å². The van der Waals surface area contributed by atoms with Crippen molar-refractivity contribution in [3.05, 3.63) is 59.7 Å². The maximum absolute atomic E-state index is 12.2. The molecule has 0 aromatic heterocycles. The van der Waals surface area contributed by atoms with E-state index in [1.54, 1.807) is 0 Å². The van der Waals surface area contributed by atoms with E-state index in [1.807, 2.05) is 31.2 Å². The largest absolute Gasteiger partial charge is 0.494 e. The molecule has 3 rings (SSSR count). The van der Waals surface area contributed by atoms with Crippen molar-refractivity contribution >= 4 is 17.7 Å². The molecule has 1 amide bonds. The van der Waals surface area contributed by atoms with Crippen LogP contribution in [0.5, 0.6) is 5.75 Å². The van der Waals surface area contributed by atoms with Crippen LogP contribution in [-0.4, -0.2) is 61.3 Å². The van der Waals surface area contributed by atoms with Crippen molar-refractivity contribution in [1.82, 2.24) is 15.1 Å². The number of thioether (sulfide) groups is 1. The Kier molecular flexibility index (Phi) is 8.40. The first-order valence-electron chi connectivity index (χ1n) is 10.2. The van der Waals surface area contributed by atoms with Gasteiger partial charge < -0.3 is 15.0 Å². The molecule has 1 aliphatic heterocycles. The lowest BCUT2D eigenvalue weighted by molar-refractivity contribution is -0.118. The molecular formula is C23H31N3O2S. The van der Waals surface area contributed by atoms with Gasteiger partial charge in [0.05, 0.1) is 12.4 Å². The van der Waals surface area contributed by atoms with Gasteiger partial charge in [-0.05, 0) is 49.4 Å². The van der Waals surface area contributed by atoms with Crippen LogP contribution in [0.3, 0.4) is 0 Å². The number of benzene rings is 2. The minimum Gasteiger partial charge on any atom is -0.494 e. The Bertz CT molecular complexity index is 774. The molecule has 0 aliphatic carbocycles. The van der Waals surface area contributed by atoms with Crippen LogP contribution in [0.1, 0.15) is 18.1 Å². The zero-order valence-electron chi connectivity index (χ0n) is 17.4. The molecule has 6 heteroatoms. The number of carbonyl (C=O) groups is 1. The predicted molar refractivity (Wildman–Crippen MR) is 119 cm³/mol. The van der Waals surface area contributed by atoms with E-state index in [0.29, 0.717) is 18.9 Å². The fourth-order valence-corrected chi connectivity index (χ4v) is 4.03. The molecule has 0 atom stereocenters. The Morgan fingerprint density at radius 3 is 2.52 bits per heavy atom. The highest BCUT2D eigenvalue weighted by molar-refractivity contribution is 8.00. The Morgan fingerprint density at radius 1 is 1.07 bits per heavy atom. The zero-order chi connectivity index (χ0) is 20.5. The molecule has 2 aromatic rings. The summed E-state index contributed by atoms with van der Waals surface area (Å²) in [7, 11) is 2.18. The van der Waals surface area contributed by atoms with Crippen molar-refractivity contribution in [2.75, 3.05) is 45.6 Å². The fourth-order valence-electron chi connectivity index (χ4n) is 3.30. The van der Waals surface area contributed by atoms with Crippen molar-refractivity contribution in [2.45, 2.75) is 24.9 Å². The third-order valence-corrected chi connectivity index (χ3v) is 6.00. The Balaban J connectivity index is 1.41. The average Bonchev–Trinajstić information content (AvgIpc) is 2.74. The highest BCUT2D eigenvalue weighted by atomic mass is 32.2. The normalized spacial score (nSPS) is 15.2. The van der Waals surface area contributed by atoms with E-state index in [9.17, 15) is 4.79 Å². The molecule has 0 saturated carbocycles. The van der Waals surface area contributed by atoms with Crippen LogP contribution in [0.25, 0.3) is 0 Å². The summed E-state index contributed by atoms with van der Waals surface area (Å²) < 4.78 is 5.44. The molecule has 1 aliphatic rings. The molecular weight excluding hydrogens is 382 g/mol. The van der Waals surface area contributed by atoms with Gasteiger partial charge in [-0.2, -0.15) is 0 Å². The number of ether oxygens (including phenoxy) is 1. The van der Waals surface area contributed by atoms with E-state index in [-0.39, 0.29) is 5.91 Å². The van der Waals surface area contributed by atoms with E-state index in [1.165, 1.54) is 17.3 Å². The number of nitrogens with zero attached hydrogens (tertiary/aromatic N) is 2. The summed E-state index contributed by atoms with van der Waals surface area (Å²) in [5.74, 6) is 1.32. The van der Waals surface area contributed by atoms with Crippen LogP contribution in [0, 0.1) is 0 Å². The summed E-state index contributed by atoms with van der Waals surface area (Å²) >= 11 is 1.54. The second-order valence-corrected chi connectivity index (χ2v) is 8.42. The van der Waals surface area contributed by atoms with Gasteiger partial charge in [-0.3, -0.25) is 9.69 Å². The van der Waals surface area contributed by atoms with Crippen molar-refractivity contribution in [2.24, 2.45) is 0 Å². The van der Waals surface area contributed by atoms with Crippen molar-refractivity contribution < 1.29 is 9.53 Å². The lowest BCUT2D eigenvalue weighted by Crippen LogP contribution is -2.43. The predicted octanol–water partition coefficient (Wildman–Crippen LogP) is 3.24. The first-order chi connectivity index (χ1) is 14.1. The number of hydrogen-bond acceptors (Lipinski definition) is 5. The van der Waals surface area contributed by atoms with E-state index in [4.69, 9.17) is 4.74 Å². The molecule has 1 heterocycles. The maximum Gasteiger partial charge on any atom is 0.230 e. The van der Waals surface area contributed by atoms with Crippen LogP contribution >= 0.6 is 11.8 Å². The summed E-state index contributed by atoms with van der Waals surface area (Å²) in [4.78, 5) is 18.1. The molecule has 1 fully saturated rings. The molecule has 0 bridgehead atoms. The molecule has 0 unspecified atom stereocenters. The summed E-state index contributed by atoms with van der Waals surface area (Å²) in [6.45, 7) is 8.65. The fraction of sp³-hybridized carbons (Fsp3) is 0.435. The van der Waals surface area contributed by atoms with E-state index in [0.717, 1.165) is 48.9 Å². The topological polar surface area (TPSA) is 44.8 Å². The quantitative estimate of drug-likeness (QED) is 0.640. The first kappa shape index (κ1) is 21.7. The summed E-state index contributed by atoms with van der Waals surface area (Å²) in [6.07, 6.45) is 0. The van der Waals surface area contributed by atoms with E-state index < -0.39 is 0 Å². The maximum atomic E-state index is 12.2. The number of carbonyl (C=O) groups excluding carboxylic acids is 1. The molecule has 5 nitrogen and oxygen atoms in total. The Labute approximate surface area is 178 Å². The Hall–Kier alpha value is -2.02. The van der Waals surface area contributed by atoms with Gasteiger partial charge in [-0.1, -0.05) is 24.3 Å². The third kappa shape index (κ3) is 7.38. The molecule has 2 aromatic carbocycles. The average molecular weight is 414 g/mol. The number of rotatable bonds is 9. The van der Waals surface area contributed by atoms with Gasteiger partial charge in [-0.25, -0.2) is 0 Å². The summed E-state index contributed by atoms with van der Waals surface area (Å²) in [6, 6.07) is 16.4. The second-order valence-electron chi connectivity index (χ2n) is 7.37. The minimum absolute atomic E-state index is 0.0494. The van der Waals surface area contributed by atoms with Crippen LogP contribution in [0.2, 0.25) is 0 Å². The number of nitrogens with one attached hydrogen (secondary N) is 1. The molecule has 29 heavy (non-hydrogen) atoms. The first-order valence-corrected chi connectivity index (χ1v) is 11.2. The minimum atomic E-state index is 0.0494. The van der Waals surface area contributed by atoms with E-state index in [2.05, 4.69) is 46.4 Å². The summed E-state index contributed by atoms with van der Waals surface area (Å²) in [5, 5.41) is 3.03. The van der Waals surface area contributed by atoms with Crippen molar-refractivity contribution in [3.63, 3.8) is 0 Å². The highest BCUT2D eigenvalue weighted by Gasteiger charge is 2.14. The molecule has 0 spiro atoms. The van der Waals surface area contributed by atoms with Crippen molar-refractivity contribution in [1.29, 1.82) is 0 Å². The standard InChI is InChI=1S/C23H31N3O2S/c1-3-28-21-7-9-22(10-8-21)29-18-23(27)24-16-19-5-4-6-20(15-19)17-26-13-11-25(2)12-14-26/h4-10,15H,3,11-14,16-18H2,1-2H3,(H,24,27).